The number of halogens is 1. The molecule has 7 nitrogen and oxygen atoms in total. The van der Waals surface area contributed by atoms with Crippen LogP contribution < -0.4 is 9.46 Å². The standard InChI is InChI=1S/C13H17FN4O3S/c1-8(2)21-11-6-5-10(14)7-12(11)22(19,20)17-13-15-9(3)18(4)16-13/h5-8H,1-4H3,(H,16,17). The summed E-state index contributed by atoms with van der Waals surface area (Å²) in [6.45, 7) is 5.17. The summed E-state index contributed by atoms with van der Waals surface area (Å²) in [5.41, 5.74) is 0. The molecule has 0 aliphatic heterocycles. The molecule has 0 amide bonds. The van der Waals surface area contributed by atoms with Crippen LogP contribution in [0.5, 0.6) is 5.75 Å². The minimum Gasteiger partial charge on any atom is -0.490 e. The van der Waals surface area contributed by atoms with Gasteiger partial charge in [-0.05, 0) is 39.0 Å². The quantitative estimate of drug-likeness (QED) is 0.905. The zero-order valence-electron chi connectivity index (χ0n) is 12.7. The number of benzene rings is 1. The first-order chi connectivity index (χ1) is 10.2. The van der Waals surface area contributed by atoms with Crippen molar-refractivity contribution in [3.8, 4) is 5.75 Å². The molecular weight excluding hydrogens is 311 g/mol. The Morgan fingerprint density at radius 2 is 2.05 bits per heavy atom. The van der Waals surface area contributed by atoms with Gasteiger partial charge < -0.3 is 4.74 Å². The van der Waals surface area contributed by atoms with Crippen molar-refractivity contribution >= 4 is 16.0 Å². The minimum atomic E-state index is -4.07. The molecule has 0 saturated carbocycles. The molecule has 0 radical (unpaired) electrons. The van der Waals surface area contributed by atoms with Crippen LogP contribution in [0.15, 0.2) is 23.1 Å². The van der Waals surface area contributed by atoms with E-state index in [1.807, 2.05) is 0 Å². The van der Waals surface area contributed by atoms with Gasteiger partial charge in [0.2, 0.25) is 0 Å². The van der Waals surface area contributed by atoms with Gasteiger partial charge in [0.25, 0.3) is 16.0 Å². The van der Waals surface area contributed by atoms with Crippen LogP contribution in [-0.2, 0) is 17.1 Å². The second kappa shape index (κ2) is 5.91. The fourth-order valence-corrected chi connectivity index (χ4v) is 2.81. The number of anilines is 1. The van der Waals surface area contributed by atoms with Gasteiger partial charge in [0.15, 0.2) is 0 Å². The summed E-state index contributed by atoms with van der Waals surface area (Å²) >= 11 is 0. The molecule has 2 rings (SSSR count). The Balaban J connectivity index is 2.41. The van der Waals surface area contributed by atoms with Crippen LogP contribution in [0, 0.1) is 12.7 Å². The van der Waals surface area contributed by atoms with Gasteiger partial charge in [-0.15, -0.1) is 5.10 Å². The summed E-state index contributed by atoms with van der Waals surface area (Å²) in [5.74, 6) is -0.159. The predicted octanol–water partition coefficient (Wildman–Crippen LogP) is 1.85. The van der Waals surface area contributed by atoms with E-state index in [9.17, 15) is 12.8 Å². The van der Waals surface area contributed by atoms with Crippen LogP contribution in [0.2, 0.25) is 0 Å². The Hall–Kier alpha value is -2.16. The highest BCUT2D eigenvalue weighted by Gasteiger charge is 2.23. The lowest BCUT2D eigenvalue weighted by atomic mass is 10.3. The van der Waals surface area contributed by atoms with E-state index in [4.69, 9.17) is 4.74 Å². The van der Waals surface area contributed by atoms with Crippen molar-refractivity contribution in [2.75, 3.05) is 4.72 Å². The third-order valence-electron chi connectivity index (χ3n) is 2.76. The van der Waals surface area contributed by atoms with Crippen molar-refractivity contribution in [3.05, 3.63) is 29.8 Å². The first kappa shape index (κ1) is 16.2. The van der Waals surface area contributed by atoms with Crippen LogP contribution in [-0.4, -0.2) is 29.3 Å². The first-order valence-electron chi connectivity index (χ1n) is 6.55. The minimum absolute atomic E-state index is 0.0663. The van der Waals surface area contributed by atoms with Gasteiger partial charge in [-0.25, -0.2) is 17.5 Å². The summed E-state index contributed by atoms with van der Waals surface area (Å²) in [4.78, 5) is 3.66. The average molecular weight is 328 g/mol. The third-order valence-corrected chi connectivity index (χ3v) is 4.11. The lowest BCUT2D eigenvalue weighted by Crippen LogP contribution is -2.17. The van der Waals surface area contributed by atoms with Gasteiger partial charge in [0, 0.05) is 7.05 Å². The van der Waals surface area contributed by atoms with Crippen molar-refractivity contribution in [3.63, 3.8) is 0 Å². The largest absolute Gasteiger partial charge is 0.490 e. The highest BCUT2D eigenvalue weighted by molar-refractivity contribution is 7.92. The average Bonchev–Trinajstić information content (AvgIpc) is 2.69. The molecule has 2 aromatic rings. The zero-order chi connectivity index (χ0) is 16.5. The van der Waals surface area contributed by atoms with Crippen LogP contribution in [0.4, 0.5) is 10.3 Å². The highest BCUT2D eigenvalue weighted by atomic mass is 32.2. The molecule has 9 heteroatoms. The first-order valence-corrected chi connectivity index (χ1v) is 8.04. The zero-order valence-corrected chi connectivity index (χ0v) is 13.5. The van der Waals surface area contributed by atoms with E-state index in [1.165, 1.54) is 10.7 Å². The number of nitrogens with zero attached hydrogens (tertiary/aromatic N) is 3. The van der Waals surface area contributed by atoms with Crippen molar-refractivity contribution in [1.29, 1.82) is 0 Å². The summed E-state index contributed by atoms with van der Waals surface area (Å²) in [5, 5.41) is 3.91. The van der Waals surface area contributed by atoms with Gasteiger partial charge in [-0.1, -0.05) is 0 Å². The Bertz CT molecular complexity index is 767. The van der Waals surface area contributed by atoms with Crippen molar-refractivity contribution < 1.29 is 17.5 Å². The lowest BCUT2D eigenvalue weighted by Gasteiger charge is -2.14. The fourth-order valence-electron chi connectivity index (χ4n) is 1.72. The molecule has 0 atom stereocenters. The van der Waals surface area contributed by atoms with Gasteiger partial charge in [-0.2, -0.15) is 4.98 Å². The Morgan fingerprint density at radius 1 is 1.36 bits per heavy atom. The number of aryl methyl sites for hydroxylation is 2. The van der Waals surface area contributed by atoms with Crippen molar-refractivity contribution in [2.45, 2.75) is 31.8 Å². The number of rotatable bonds is 5. The van der Waals surface area contributed by atoms with Gasteiger partial charge in [0.1, 0.15) is 22.3 Å². The van der Waals surface area contributed by atoms with Crippen LogP contribution in [0.1, 0.15) is 19.7 Å². The number of sulfonamides is 1. The molecule has 0 saturated heterocycles. The second-order valence-electron chi connectivity index (χ2n) is 4.97. The van der Waals surface area contributed by atoms with Crippen molar-refractivity contribution in [2.24, 2.45) is 7.05 Å². The molecule has 1 aromatic carbocycles. The van der Waals surface area contributed by atoms with E-state index in [0.29, 0.717) is 5.82 Å². The van der Waals surface area contributed by atoms with Crippen LogP contribution in [0.25, 0.3) is 0 Å². The topological polar surface area (TPSA) is 86.1 Å². The number of aromatic nitrogens is 3. The van der Waals surface area contributed by atoms with E-state index in [0.717, 1.165) is 12.1 Å². The molecule has 0 spiro atoms. The van der Waals surface area contributed by atoms with Gasteiger partial charge in [0.05, 0.1) is 6.10 Å². The number of hydrogen-bond donors (Lipinski definition) is 1. The summed E-state index contributed by atoms with van der Waals surface area (Å²) < 4.78 is 47.4. The van der Waals surface area contributed by atoms with E-state index in [2.05, 4.69) is 14.8 Å². The van der Waals surface area contributed by atoms with Gasteiger partial charge >= 0.3 is 0 Å². The second-order valence-corrected chi connectivity index (χ2v) is 6.62. The van der Waals surface area contributed by atoms with E-state index in [1.54, 1.807) is 27.8 Å². The molecule has 120 valence electrons. The summed E-state index contributed by atoms with van der Waals surface area (Å²) in [6.07, 6.45) is -0.255. The maximum Gasteiger partial charge on any atom is 0.268 e. The molecule has 1 aromatic heterocycles. The molecule has 0 fully saturated rings. The molecule has 0 unspecified atom stereocenters. The highest BCUT2D eigenvalue weighted by Crippen LogP contribution is 2.27. The Labute approximate surface area is 128 Å². The molecule has 1 heterocycles. The SMILES string of the molecule is Cc1nc(NS(=O)(=O)c2cc(F)ccc2OC(C)C)nn1C. The summed E-state index contributed by atoms with van der Waals surface area (Å²) in [6, 6.07) is 3.32. The monoisotopic (exact) mass is 328 g/mol. The maximum atomic E-state index is 13.4. The normalized spacial score (nSPS) is 11.7. The van der Waals surface area contributed by atoms with Crippen molar-refractivity contribution in [1.82, 2.24) is 14.8 Å². The predicted molar refractivity (Wildman–Crippen MR) is 78.7 cm³/mol. The van der Waals surface area contributed by atoms with Crippen LogP contribution >= 0.6 is 0 Å². The van der Waals surface area contributed by atoms with E-state index in [-0.39, 0.29) is 22.7 Å². The number of ether oxygens (including phenoxy) is 1. The smallest absolute Gasteiger partial charge is 0.268 e. The fraction of sp³-hybridized carbons (Fsp3) is 0.385. The maximum absolute atomic E-state index is 13.4. The molecule has 0 aliphatic rings. The summed E-state index contributed by atoms with van der Waals surface area (Å²) in [7, 11) is -2.43. The molecular formula is C13H17FN4O3S. The Morgan fingerprint density at radius 3 is 2.59 bits per heavy atom. The van der Waals surface area contributed by atoms with E-state index < -0.39 is 15.8 Å². The molecule has 22 heavy (non-hydrogen) atoms. The lowest BCUT2D eigenvalue weighted by molar-refractivity contribution is 0.235. The molecule has 0 aliphatic carbocycles. The number of nitrogens with one attached hydrogen (secondary N) is 1. The van der Waals surface area contributed by atoms with E-state index >= 15 is 0 Å². The molecule has 1 N–H and O–H groups in total. The molecule has 0 bridgehead atoms. The Kier molecular flexibility index (Phi) is 4.36. The third kappa shape index (κ3) is 3.53. The van der Waals surface area contributed by atoms with Crippen LogP contribution in [0.3, 0.4) is 0 Å². The number of hydrogen-bond acceptors (Lipinski definition) is 5. The van der Waals surface area contributed by atoms with Gasteiger partial charge in [-0.3, -0.25) is 4.68 Å².